The number of methoxy groups -OCH3 is 1. The van der Waals surface area contributed by atoms with Crippen LogP contribution in [0.4, 0.5) is 11.6 Å². The molecule has 0 aliphatic carbocycles. The number of anilines is 2. The van der Waals surface area contributed by atoms with E-state index in [2.05, 4.69) is 25.6 Å². The maximum atomic E-state index is 12.1. The van der Waals surface area contributed by atoms with Crippen molar-refractivity contribution in [2.24, 2.45) is 0 Å². The number of sulfone groups is 1. The topological polar surface area (TPSA) is 135 Å². The number of hydrogen-bond acceptors (Lipinski definition) is 8. The minimum absolute atomic E-state index is 0.178. The quantitative estimate of drug-likeness (QED) is 0.325. The molecule has 3 N–H and O–H groups in total. The molecule has 2 aromatic heterocycles. The van der Waals surface area contributed by atoms with Crippen molar-refractivity contribution < 1.29 is 22.7 Å². The molecule has 0 spiro atoms. The first kappa shape index (κ1) is 25.0. The summed E-state index contributed by atoms with van der Waals surface area (Å²) in [5, 5.41) is 6.34. The number of carbonyl (C=O) groups is 1. The van der Waals surface area contributed by atoms with Crippen LogP contribution >= 0.6 is 0 Å². The Kier molecular flexibility index (Phi) is 6.84. The number of hydrogen-bond donors (Lipinski definition) is 3. The largest absolute Gasteiger partial charge is 0.495 e. The van der Waals surface area contributed by atoms with Gasteiger partial charge in [0.05, 0.1) is 29.2 Å². The molecule has 10 nitrogen and oxygen atoms in total. The third-order valence-corrected chi connectivity index (χ3v) is 6.47. The Hall–Kier alpha value is -4.12. The third kappa shape index (κ3) is 5.10. The molecule has 0 radical (unpaired) electrons. The number of carbonyl (C=O) groups excluding carboxylic acids is 1. The number of benzene rings is 2. The van der Waals surface area contributed by atoms with E-state index in [1.165, 1.54) is 13.4 Å². The molecule has 2 aromatic carbocycles. The molecule has 2 heterocycles. The first-order chi connectivity index (χ1) is 17.1. The van der Waals surface area contributed by atoms with Gasteiger partial charge in [0, 0.05) is 30.6 Å². The van der Waals surface area contributed by atoms with E-state index in [4.69, 9.17) is 9.47 Å². The normalized spacial score (nSPS) is 11.5. The fourth-order valence-electron chi connectivity index (χ4n) is 3.69. The predicted octanol–water partition coefficient (Wildman–Crippen LogP) is 3.93. The predicted molar refractivity (Wildman–Crippen MR) is 138 cm³/mol. The second-order valence-corrected chi connectivity index (χ2v) is 10.4. The molecule has 4 rings (SSSR count). The van der Waals surface area contributed by atoms with E-state index in [9.17, 15) is 13.2 Å². The van der Waals surface area contributed by atoms with Gasteiger partial charge in [-0.05, 0) is 49.7 Å². The van der Waals surface area contributed by atoms with Gasteiger partial charge >= 0.3 is 0 Å². The third-order valence-electron chi connectivity index (χ3n) is 5.36. The first-order valence-corrected chi connectivity index (χ1v) is 13.0. The molecule has 36 heavy (non-hydrogen) atoms. The van der Waals surface area contributed by atoms with Gasteiger partial charge in [0.1, 0.15) is 11.4 Å². The summed E-state index contributed by atoms with van der Waals surface area (Å²) in [7, 11) is -0.311. The summed E-state index contributed by atoms with van der Waals surface area (Å²) in [5.41, 5.74) is 2.92. The van der Waals surface area contributed by atoms with Crippen LogP contribution < -0.4 is 20.1 Å². The van der Waals surface area contributed by atoms with Crippen LogP contribution in [0.1, 0.15) is 24.2 Å². The van der Waals surface area contributed by atoms with E-state index in [1.807, 2.05) is 19.9 Å². The van der Waals surface area contributed by atoms with Crippen molar-refractivity contribution in [1.29, 1.82) is 0 Å². The van der Waals surface area contributed by atoms with Crippen LogP contribution in [-0.4, -0.2) is 55.8 Å². The van der Waals surface area contributed by atoms with Crippen molar-refractivity contribution in [2.75, 3.05) is 25.7 Å². The molecule has 188 valence electrons. The van der Waals surface area contributed by atoms with Crippen molar-refractivity contribution in [3.05, 3.63) is 54.2 Å². The lowest BCUT2D eigenvalue weighted by Crippen LogP contribution is -2.17. The Bertz CT molecular complexity index is 1550. The Morgan fingerprint density at radius 2 is 1.89 bits per heavy atom. The average molecular weight is 510 g/mol. The number of amides is 1. The van der Waals surface area contributed by atoms with Gasteiger partial charge in [0.2, 0.25) is 11.8 Å². The van der Waals surface area contributed by atoms with E-state index in [1.54, 1.807) is 49.6 Å². The molecule has 0 aliphatic heterocycles. The number of fused-ring (bicyclic) bond motifs is 1. The summed E-state index contributed by atoms with van der Waals surface area (Å²) in [6.07, 6.45) is 2.74. The SMILES string of the molecule is CNC(=O)c1ccc(Nc2nc(OC(C)C)c3c(-c4cccc(S(C)(=O)=O)c4)c[nH]c3n2)c(OC)c1. The zero-order valence-corrected chi connectivity index (χ0v) is 21.4. The van der Waals surface area contributed by atoms with Crippen LogP contribution in [0.15, 0.2) is 53.6 Å². The highest BCUT2D eigenvalue weighted by molar-refractivity contribution is 7.90. The Morgan fingerprint density at radius 3 is 2.56 bits per heavy atom. The van der Waals surface area contributed by atoms with E-state index in [-0.39, 0.29) is 22.9 Å². The highest BCUT2D eigenvalue weighted by Crippen LogP contribution is 2.36. The molecule has 11 heteroatoms. The monoisotopic (exact) mass is 509 g/mol. The van der Waals surface area contributed by atoms with Gasteiger partial charge in [-0.1, -0.05) is 12.1 Å². The Morgan fingerprint density at radius 1 is 1.11 bits per heavy atom. The fraction of sp³-hybridized carbons (Fsp3) is 0.240. The molecule has 0 aliphatic rings. The summed E-state index contributed by atoms with van der Waals surface area (Å²) in [5.74, 6) is 0.793. The van der Waals surface area contributed by atoms with Gasteiger partial charge in [-0.2, -0.15) is 9.97 Å². The lowest BCUT2D eigenvalue weighted by atomic mass is 10.1. The lowest BCUT2D eigenvalue weighted by Gasteiger charge is -2.15. The average Bonchev–Trinajstić information content (AvgIpc) is 3.27. The van der Waals surface area contributed by atoms with Crippen LogP contribution in [0.5, 0.6) is 11.6 Å². The van der Waals surface area contributed by atoms with Gasteiger partial charge in [-0.25, -0.2) is 8.42 Å². The minimum Gasteiger partial charge on any atom is -0.495 e. The van der Waals surface area contributed by atoms with Crippen molar-refractivity contribution in [3.63, 3.8) is 0 Å². The molecule has 0 fully saturated rings. The lowest BCUT2D eigenvalue weighted by molar-refractivity contribution is 0.0962. The van der Waals surface area contributed by atoms with Crippen molar-refractivity contribution in [1.82, 2.24) is 20.3 Å². The molecule has 0 atom stereocenters. The second kappa shape index (κ2) is 9.86. The Balaban J connectivity index is 1.80. The van der Waals surface area contributed by atoms with Crippen LogP contribution in [0, 0.1) is 0 Å². The minimum atomic E-state index is -3.38. The summed E-state index contributed by atoms with van der Waals surface area (Å²) in [6.45, 7) is 3.77. The van der Waals surface area contributed by atoms with E-state index in [0.29, 0.717) is 45.0 Å². The summed E-state index contributed by atoms with van der Waals surface area (Å²) in [6, 6.07) is 11.7. The number of nitrogens with zero attached hydrogens (tertiary/aromatic N) is 2. The molecule has 1 amide bonds. The van der Waals surface area contributed by atoms with E-state index < -0.39 is 9.84 Å². The van der Waals surface area contributed by atoms with Crippen molar-refractivity contribution >= 4 is 38.4 Å². The highest BCUT2D eigenvalue weighted by Gasteiger charge is 2.19. The maximum absolute atomic E-state index is 12.1. The van der Waals surface area contributed by atoms with Gasteiger partial charge in [-0.3, -0.25) is 4.79 Å². The number of aromatic nitrogens is 3. The number of aromatic amines is 1. The maximum Gasteiger partial charge on any atom is 0.251 e. The second-order valence-electron chi connectivity index (χ2n) is 8.36. The van der Waals surface area contributed by atoms with Crippen LogP contribution in [0.3, 0.4) is 0 Å². The van der Waals surface area contributed by atoms with Crippen LogP contribution in [0.2, 0.25) is 0 Å². The molecule has 0 saturated carbocycles. The van der Waals surface area contributed by atoms with Gasteiger partial charge in [0.15, 0.2) is 9.84 Å². The number of rotatable bonds is 8. The summed E-state index contributed by atoms with van der Waals surface area (Å²) >= 11 is 0. The first-order valence-electron chi connectivity index (χ1n) is 11.1. The van der Waals surface area contributed by atoms with E-state index >= 15 is 0 Å². The molecular formula is C25H27N5O5S. The smallest absolute Gasteiger partial charge is 0.251 e. The van der Waals surface area contributed by atoms with Crippen molar-refractivity contribution in [2.45, 2.75) is 24.8 Å². The number of H-pyrrole nitrogens is 1. The van der Waals surface area contributed by atoms with Crippen molar-refractivity contribution in [3.8, 4) is 22.8 Å². The Labute approximate surface area is 209 Å². The zero-order valence-electron chi connectivity index (χ0n) is 20.5. The van der Waals surface area contributed by atoms with Gasteiger partial charge in [0.25, 0.3) is 5.91 Å². The molecular weight excluding hydrogens is 482 g/mol. The van der Waals surface area contributed by atoms with Gasteiger partial charge < -0.3 is 25.1 Å². The standard InChI is InChI=1S/C25H27N5O5S/c1-14(2)35-24-21-18(15-7-6-8-17(11-15)36(5,32)33)13-27-22(21)29-25(30-24)28-19-10-9-16(23(31)26-3)12-20(19)34-4/h6-14H,1-5H3,(H,26,31)(H2,27,28,29,30). The molecule has 0 unspecified atom stereocenters. The van der Waals surface area contributed by atoms with Crippen LogP contribution in [0.25, 0.3) is 22.2 Å². The summed E-state index contributed by atoms with van der Waals surface area (Å²) < 4.78 is 35.6. The fourth-order valence-corrected chi connectivity index (χ4v) is 4.35. The number of nitrogens with one attached hydrogen (secondary N) is 3. The zero-order chi connectivity index (χ0) is 26.0. The molecule has 0 saturated heterocycles. The molecule has 4 aromatic rings. The summed E-state index contributed by atoms with van der Waals surface area (Å²) in [4.78, 5) is 24.5. The highest BCUT2D eigenvalue weighted by atomic mass is 32.2. The van der Waals surface area contributed by atoms with Crippen LogP contribution in [-0.2, 0) is 9.84 Å². The van der Waals surface area contributed by atoms with Gasteiger partial charge in [-0.15, -0.1) is 0 Å². The number of ether oxygens (including phenoxy) is 2. The van der Waals surface area contributed by atoms with E-state index in [0.717, 1.165) is 0 Å². The molecule has 0 bridgehead atoms.